The van der Waals surface area contributed by atoms with Gasteiger partial charge >= 0.3 is 0 Å². The molecule has 1 aromatic carbocycles. The Morgan fingerprint density at radius 1 is 1.62 bits per heavy atom. The average molecular weight is 201 g/mol. The summed E-state index contributed by atoms with van der Waals surface area (Å²) in [7, 11) is 0. The van der Waals surface area contributed by atoms with Crippen molar-refractivity contribution in [2.45, 2.75) is 12.5 Å². The summed E-state index contributed by atoms with van der Waals surface area (Å²) in [6, 6.07) is 3.92. The highest BCUT2D eigenvalue weighted by Crippen LogP contribution is 2.25. The zero-order valence-electron chi connectivity index (χ0n) is 7.00. The van der Waals surface area contributed by atoms with Crippen molar-refractivity contribution < 1.29 is 9.50 Å². The molecule has 0 aromatic heterocycles. The summed E-state index contributed by atoms with van der Waals surface area (Å²) in [5.41, 5.74) is 0.404. The van der Waals surface area contributed by atoms with E-state index in [9.17, 15) is 9.50 Å². The first-order valence-electron chi connectivity index (χ1n) is 3.89. The van der Waals surface area contributed by atoms with Crippen LogP contribution in [0.3, 0.4) is 0 Å². The first kappa shape index (κ1) is 10.2. The molecule has 3 heteroatoms. The SMILES string of the molecule is C=CCC(O)c1cc(F)ccc1Cl. The smallest absolute Gasteiger partial charge is 0.123 e. The third-order valence-corrected chi connectivity index (χ3v) is 2.05. The van der Waals surface area contributed by atoms with E-state index < -0.39 is 11.9 Å². The van der Waals surface area contributed by atoms with Crippen molar-refractivity contribution in [1.29, 1.82) is 0 Å². The molecule has 13 heavy (non-hydrogen) atoms. The Hall–Kier alpha value is -0.860. The van der Waals surface area contributed by atoms with Crippen molar-refractivity contribution in [2.24, 2.45) is 0 Å². The Morgan fingerprint density at radius 3 is 2.92 bits per heavy atom. The molecule has 1 rings (SSSR count). The molecular formula is C10H10ClFO. The van der Waals surface area contributed by atoms with Gasteiger partial charge in [-0.25, -0.2) is 4.39 Å². The maximum Gasteiger partial charge on any atom is 0.123 e. The van der Waals surface area contributed by atoms with Gasteiger partial charge in [0, 0.05) is 10.6 Å². The van der Waals surface area contributed by atoms with Crippen LogP contribution in [0.15, 0.2) is 30.9 Å². The third-order valence-electron chi connectivity index (χ3n) is 1.71. The molecule has 0 saturated heterocycles. The zero-order valence-corrected chi connectivity index (χ0v) is 7.76. The maximum atomic E-state index is 12.8. The molecule has 0 aliphatic rings. The summed E-state index contributed by atoms with van der Waals surface area (Å²) in [6.07, 6.45) is 1.15. The minimum absolute atomic E-state index is 0.364. The van der Waals surface area contributed by atoms with E-state index in [-0.39, 0.29) is 0 Å². The Labute approximate surface area is 81.5 Å². The Kier molecular flexibility index (Phi) is 3.46. The van der Waals surface area contributed by atoms with E-state index in [1.807, 2.05) is 0 Å². The van der Waals surface area contributed by atoms with Gasteiger partial charge in [-0.2, -0.15) is 0 Å². The van der Waals surface area contributed by atoms with Gasteiger partial charge in [0.05, 0.1) is 6.10 Å². The second kappa shape index (κ2) is 4.40. The van der Waals surface area contributed by atoms with Crippen LogP contribution in [0.4, 0.5) is 4.39 Å². The van der Waals surface area contributed by atoms with Crippen LogP contribution in [0.25, 0.3) is 0 Å². The van der Waals surface area contributed by atoms with Crippen LogP contribution in [0.2, 0.25) is 5.02 Å². The molecule has 0 fully saturated rings. The minimum atomic E-state index is -0.777. The lowest BCUT2D eigenvalue weighted by Crippen LogP contribution is -1.97. The van der Waals surface area contributed by atoms with Gasteiger partial charge in [-0.1, -0.05) is 17.7 Å². The molecule has 0 aliphatic heterocycles. The third kappa shape index (κ3) is 2.54. The Bertz CT molecular complexity index is 312. The fraction of sp³-hybridized carbons (Fsp3) is 0.200. The fourth-order valence-corrected chi connectivity index (χ4v) is 1.30. The molecule has 1 aromatic rings. The summed E-state index contributed by atoms with van der Waals surface area (Å²) in [5.74, 6) is -0.400. The lowest BCUT2D eigenvalue weighted by Gasteiger charge is -2.09. The highest BCUT2D eigenvalue weighted by Gasteiger charge is 2.10. The van der Waals surface area contributed by atoms with Crippen LogP contribution < -0.4 is 0 Å². The molecule has 1 N–H and O–H groups in total. The van der Waals surface area contributed by atoms with Crippen molar-refractivity contribution >= 4 is 11.6 Å². The van der Waals surface area contributed by atoms with Gasteiger partial charge in [0.25, 0.3) is 0 Å². The van der Waals surface area contributed by atoms with Gasteiger partial charge in [-0.15, -0.1) is 6.58 Å². The minimum Gasteiger partial charge on any atom is -0.388 e. The second-order valence-electron chi connectivity index (χ2n) is 2.71. The Balaban J connectivity index is 2.97. The van der Waals surface area contributed by atoms with E-state index in [0.29, 0.717) is 17.0 Å². The number of hydrogen-bond donors (Lipinski definition) is 1. The first-order valence-corrected chi connectivity index (χ1v) is 4.27. The van der Waals surface area contributed by atoms with Crippen molar-refractivity contribution in [3.63, 3.8) is 0 Å². The van der Waals surface area contributed by atoms with Crippen LogP contribution in [0, 0.1) is 5.82 Å². The number of rotatable bonds is 3. The highest BCUT2D eigenvalue weighted by molar-refractivity contribution is 6.31. The fourth-order valence-electron chi connectivity index (χ4n) is 1.05. The molecule has 0 aliphatic carbocycles. The molecule has 0 saturated carbocycles. The van der Waals surface area contributed by atoms with Gasteiger partial charge in [0.15, 0.2) is 0 Å². The summed E-state index contributed by atoms with van der Waals surface area (Å²) in [5, 5.41) is 9.87. The van der Waals surface area contributed by atoms with Gasteiger partial charge in [-0.3, -0.25) is 0 Å². The van der Waals surface area contributed by atoms with Crippen molar-refractivity contribution in [3.05, 3.63) is 47.3 Å². The van der Waals surface area contributed by atoms with Crippen LogP contribution >= 0.6 is 11.6 Å². The van der Waals surface area contributed by atoms with E-state index in [4.69, 9.17) is 11.6 Å². The van der Waals surface area contributed by atoms with E-state index in [0.717, 1.165) is 0 Å². The molecule has 0 amide bonds. The quantitative estimate of drug-likeness (QED) is 0.744. The van der Waals surface area contributed by atoms with Gasteiger partial charge in [0.2, 0.25) is 0 Å². The molecular weight excluding hydrogens is 191 g/mol. The normalized spacial score (nSPS) is 12.5. The predicted octanol–water partition coefficient (Wildman–Crippen LogP) is 3.09. The lowest BCUT2D eigenvalue weighted by molar-refractivity contribution is 0.181. The number of aliphatic hydroxyl groups is 1. The van der Waals surface area contributed by atoms with E-state index in [1.54, 1.807) is 6.08 Å². The molecule has 70 valence electrons. The highest BCUT2D eigenvalue weighted by atomic mass is 35.5. The topological polar surface area (TPSA) is 20.2 Å². The first-order chi connectivity index (χ1) is 6.15. The number of hydrogen-bond acceptors (Lipinski definition) is 1. The van der Waals surface area contributed by atoms with Crippen LogP contribution in [0.5, 0.6) is 0 Å². The number of aliphatic hydroxyl groups excluding tert-OH is 1. The lowest BCUT2D eigenvalue weighted by atomic mass is 10.1. The summed E-state index contributed by atoms with van der Waals surface area (Å²) in [4.78, 5) is 0. The average Bonchev–Trinajstić information content (AvgIpc) is 2.09. The maximum absolute atomic E-state index is 12.8. The summed E-state index contributed by atoms with van der Waals surface area (Å²) >= 11 is 5.77. The molecule has 1 nitrogen and oxygen atoms in total. The van der Waals surface area contributed by atoms with E-state index in [2.05, 4.69) is 6.58 Å². The van der Waals surface area contributed by atoms with Gasteiger partial charge in [0.1, 0.15) is 5.82 Å². The molecule has 0 radical (unpaired) electrons. The standard InChI is InChI=1S/C10H10ClFO/c1-2-3-10(13)8-6-7(12)4-5-9(8)11/h2,4-6,10,13H,1,3H2. The molecule has 0 bridgehead atoms. The molecule has 1 unspecified atom stereocenters. The van der Waals surface area contributed by atoms with Crippen molar-refractivity contribution in [2.75, 3.05) is 0 Å². The molecule has 0 heterocycles. The molecule has 0 spiro atoms. The van der Waals surface area contributed by atoms with Crippen LogP contribution in [-0.4, -0.2) is 5.11 Å². The van der Waals surface area contributed by atoms with Gasteiger partial charge < -0.3 is 5.11 Å². The zero-order chi connectivity index (χ0) is 9.84. The largest absolute Gasteiger partial charge is 0.388 e. The number of halogens is 2. The second-order valence-corrected chi connectivity index (χ2v) is 3.11. The van der Waals surface area contributed by atoms with Crippen molar-refractivity contribution in [1.82, 2.24) is 0 Å². The molecule has 1 atom stereocenters. The monoisotopic (exact) mass is 200 g/mol. The Morgan fingerprint density at radius 2 is 2.31 bits per heavy atom. The predicted molar refractivity (Wildman–Crippen MR) is 51.2 cm³/mol. The van der Waals surface area contributed by atoms with Crippen LogP contribution in [0.1, 0.15) is 18.1 Å². The summed E-state index contributed by atoms with van der Waals surface area (Å²) < 4.78 is 12.8. The van der Waals surface area contributed by atoms with E-state index >= 15 is 0 Å². The van der Waals surface area contributed by atoms with Crippen LogP contribution in [-0.2, 0) is 0 Å². The van der Waals surface area contributed by atoms with Crippen molar-refractivity contribution in [3.8, 4) is 0 Å². The van der Waals surface area contributed by atoms with E-state index in [1.165, 1.54) is 18.2 Å². The van der Waals surface area contributed by atoms with Gasteiger partial charge in [-0.05, 0) is 24.6 Å². The number of benzene rings is 1. The summed E-state index contributed by atoms with van der Waals surface area (Å²) in [6.45, 7) is 3.48.